The van der Waals surface area contributed by atoms with Crippen LogP contribution in [0.2, 0.25) is 0 Å². The van der Waals surface area contributed by atoms with Gasteiger partial charge in [-0.2, -0.15) is 0 Å². The van der Waals surface area contributed by atoms with Crippen molar-refractivity contribution < 1.29 is 9.15 Å². The predicted molar refractivity (Wildman–Crippen MR) is 85.9 cm³/mol. The van der Waals surface area contributed by atoms with Crippen molar-refractivity contribution in [3.8, 4) is 0 Å². The highest BCUT2D eigenvalue weighted by Crippen LogP contribution is 2.11. The Kier molecular flexibility index (Phi) is 7.88. The molecule has 108 valence electrons. The van der Waals surface area contributed by atoms with E-state index >= 15 is 0 Å². The molecule has 2 N–H and O–H groups in total. The SMILES string of the molecule is CN=C(NCc1ccoc1)NCC1CCCCO1.I. The van der Waals surface area contributed by atoms with Gasteiger partial charge < -0.3 is 19.8 Å². The highest BCUT2D eigenvalue weighted by atomic mass is 127. The molecule has 0 aromatic carbocycles. The van der Waals surface area contributed by atoms with Gasteiger partial charge in [-0.3, -0.25) is 4.99 Å². The van der Waals surface area contributed by atoms with Crippen LogP contribution in [-0.2, 0) is 11.3 Å². The van der Waals surface area contributed by atoms with Crippen molar-refractivity contribution in [2.24, 2.45) is 4.99 Å². The number of nitrogens with one attached hydrogen (secondary N) is 2. The van der Waals surface area contributed by atoms with Crippen molar-refractivity contribution in [2.75, 3.05) is 20.2 Å². The van der Waals surface area contributed by atoms with E-state index < -0.39 is 0 Å². The first-order chi connectivity index (χ1) is 8.88. The van der Waals surface area contributed by atoms with E-state index in [9.17, 15) is 0 Å². The molecule has 1 saturated heterocycles. The minimum atomic E-state index is 0. The number of halogens is 1. The molecule has 5 nitrogen and oxygen atoms in total. The second-order valence-corrected chi connectivity index (χ2v) is 4.43. The van der Waals surface area contributed by atoms with Crippen LogP contribution in [0.25, 0.3) is 0 Å². The van der Waals surface area contributed by atoms with Crippen LogP contribution < -0.4 is 10.6 Å². The molecule has 1 fully saturated rings. The summed E-state index contributed by atoms with van der Waals surface area (Å²) in [7, 11) is 1.77. The number of furan rings is 1. The van der Waals surface area contributed by atoms with Crippen LogP contribution in [0.4, 0.5) is 0 Å². The Morgan fingerprint density at radius 2 is 2.32 bits per heavy atom. The van der Waals surface area contributed by atoms with Crippen LogP contribution in [0.15, 0.2) is 28.0 Å². The largest absolute Gasteiger partial charge is 0.472 e. The van der Waals surface area contributed by atoms with Gasteiger partial charge in [-0.15, -0.1) is 24.0 Å². The van der Waals surface area contributed by atoms with E-state index in [2.05, 4.69) is 15.6 Å². The van der Waals surface area contributed by atoms with Gasteiger partial charge in [-0.05, 0) is 25.3 Å². The maximum absolute atomic E-state index is 5.66. The monoisotopic (exact) mass is 379 g/mol. The summed E-state index contributed by atoms with van der Waals surface area (Å²) in [5.41, 5.74) is 1.10. The number of rotatable bonds is 4. The summed E-state index contributed by atoms with van der Waals surface area (Å²) in [6.45, 7) is 2.40. The molecule has 2 heterocycles. The molecule has 0 bridgehead atoms. The van der Waals surface area contributed by atoms with Gasteiger partial charge in [0.05, 0.1) is 18.6 Å². The second kappa shape index (κ2) is 9.19. The summed E-state index contributed by atoms with van der Waals surface area (Å²) in [5, 5.41) is 6.52. The Hall–Kier alpha value is -0.760. The minimum absolute atomic E-state index is 0. The fraction of sp³-hybridized carbons (Fsp3) is 0.615. The number of guanidine groups is 1. The third kappa shape index (κ3) is 5.82. The fourth-order valence-corrected chi connectivity index (χ4v) is 1.98. The summed E-state index contributed by atoms with van der Waals surface area (Å²) >= 11 is 0. The lowest BCUT2D eigenvalue weighted by Gasteiger charge is -2.23. The molecule has 1 atom stereocenters. The fourth-order valence-electron chi connectivity index (χ4n) is 1.98. The van der Waals surface area contributed by atoms with Crippen molar-refractivity contribution in [1.29, 1.82) is 0 Å². The van der Waals surface area contributed by atoms with Crippen LogP contribution in [-0.4, -0.2) is 32.3 Å². The zero-order chi connectivity index (χ0) is 12.6. The van der Waals surface area contributed by atoms with Crippen molar-refractivity contribution in [2.45, 2.75) is 31.9 Å². The van der Waals surface area contributed by atoms with E-state index in [1.54, 1.807) is 19.6 Å². The van der Waals surface area contributed by atoms with E-state index in [-0.39, 0.29) is 24.0 Å². The van der Waals surface area contributed by atoms with E-state index in [0.29, 0.717) is 12.6 Å². The zero-order valence-electron chi connectivity index (χ0n) is 11.2. The molecule has 0 saturated carbocycles. The zero-order valence-corrected chi connectivity index (χ0v) is 13.6. The van der Waals surface area contributed by atoms with Crippen LogP contribution in [0.3, 0.4) is 0 Å². The number of aliphatic imine (C=N–C) groups is 1. The molecule has 0 aliphatic carbocycles. The molecule has 2 rings (SSSR count). The Morgan fingerprint density at radius 1 is 1.42 bits per heavy atom. The van der Waals surface area contributed by atoms with Gasteiger partial charge in [0.25, 0.3) is 0 Å². The second-order valence-electron chi connectivity index (χ2n) is 4.43. The van der Waals surface area contributed by atoms with Crippen LogP contribution in [0.1, 0.15) is 24.8 Å². The normalized spacial score (nSPS) is 19.6. The smallest absolute Gasteiger partial charge is 0.191 e. The number of hydrogen-bond donors (Lipinski definition) is 2. The molecule has 19 heavy (non-hydrogen) atoms. The van der Waals surface area contributed by atoms with Crippen molar-refractivity contribution in [3.05, 3.63) is 24.2 Å². The Bertz CT molecular complexity index is 362. The summed E-state index contributed by atoms with van der Waals surface area (Å²) in [6.07, 6.45) is 7.28. The van der Waals surface area contributed by atoms with E-state index in [1.165, 1.54) is 12.8 Å². The summed E-state index contributed by atoms with van der Waals surface area (Å²) in [6, 6.07) is 1.94. The van der Waals surface area contributed by atoms with Crippen molar-refractivity contribution >= 4 is 29.9 Å². The molecule has 1 aliphatic rings. The van der Waals surface area contributed by atoms with Gasteiger partial charge >= 0.3 is 0 Å². The number of nitrogens with zero attached hydrogens (tertiary/aromatic N) is 1. The topological polar surface area (TPSA) is 58.8 Å². The van der Waals surface area contributed by atoms with Gasteiger partial charge in [0.15, 0.2) is 5.96 Å². The molecule has 1 unspecified atom stereocenters. The average Bonchev–Trinajstić information content (AvgIpc) is 2.93. The van der Waals surface area contributed by atoms with Crippen LogP contribution in [0, 0.1) is 0 Å². The maximum atomic E-state index is 5.66. The minimum Gasteiger partial charge on any atom is -0.472 e. The Balaban J connectivity index is 0.00000180. The third-order valence-corrected chi connectivity index (χ3v) is 3.03. The molecule has 1 aliphatic heterocycles. The molecule has 0 amide bonds. The number of ether oxygens (including phenoxy) is 1. The lowest BCUT2D eigenvalue weighted by atomic mass is 10.1. The Morgan fingerprint density at radius 3 is 2.95 bits per heavy atom. The lowest BCUT2D eigenvalue weighted by molar-refractivity contribution is 0.0194. The van der Waals surface area contributed by atoms with Gasteiger partial charge in [-0.1, -0.05) is 0 Å². The Labute approximate surface area is 131 Å². The number of hydrogen-bond acceptors (Lipinski definition) is 3. The highest BCUT2D eigenvalue weighted by Gasteiger charge is 2.13. The van der Waals surface area contributed by atoms with Crippen LogP contribution >= 0.6 is 24.0 Å². The molecular weight excluding hydrogens is 357 g/mol. The van der Waals surface area contributed by atoms with E-state index in [1.807, 2.05) is 6.07 Å². The van der Waals surface area contributed by atoms with Gasteiger partial charge in [0.2, 0.25) is 0 Å². The van der Waals surface area contributed by atoms with E-state index in [4.69, 9.17) is 9.15 Å². The summed E-state index contributed by atoms with van der Waals surface area (Å²) in [5.74, 6) is 0.797. The molecule has 0 radical (unpaired) electrons. The van der Waals surface area contributed by atoms with Crippen molar-refractivity contribution in [1.82, 2.24) is 10.6 Å². The molecule has 1 aromatic heterocycles. The highest BCUT2D eigenvalue weighted by molar-refractivity contribution is 14.0. The first kappa shape index (κ1) is 16.3. The first-order valence-corrected chi connectivity index (χ1v) is 6.45. The summed E-state index contributed by atoms with van der Waals surface area (Å²) in [4.78, 5) is 4.18. The lowest BCUT2D eigenvalue weighted by Crippen LogP contribution is -2.42. The molecule has 1 aromatic rings. The maximum Gasteiger partial charge on any atom is 0.191 e. The van der Waals surface area contributed by atoms with Crippen molar-refractivity contribution in [3.63, 3.8) is 0 Å². The van der Waals surface area contributed by atoms with Gasteiger partial charge in [-0.25, -0.2) is 0 Å². The molecule has 6 heteroatoms. The van der Waals surface area contributed by atoms with Gasteiger partial charge in [0, 0.05) is 32.3 Å². The average molecular weight is 379 g/mol. The molecular formula is C13H22IN3O2. The summed E-state index contributed by atoms with van der Waals surface area (Å²) < 4.78 is 10.7. The predicted octanol–water partition coefficient (Wildman–Crippen LogP) is 2.13. The van der Waals surface area contributed by atoms with E-state index in [0.717, 1.165) is 31.1 Å². The first-order valence-electron chi connectivity index (χ1n) is 6.45. The standard InChI is InChI=1S/C13H21N3O2.HI/c1-14-13(15-8-11-5-7-17-10-11)16-9-12-4-2-3-6-18-12;/h5,7,10,12H,2-4,6,8-9H2,1H3,(H2,14,15,16);1H. The van der Waals surface area contributed by atoms with Gasteiger partial charge in [0.1, 0.15) is 0 Å². The van der Waals surface area contributed by atoms with Crippen LogP contribution in [0.5, 0.6) is 0 Å². The quantitative estimate of drug-likeness (QED) is 0.478. The molecule has 0 spiro atoms. The third-order valence-electron chi connectivity index (χ3n) is 3.03.